The normalized spacial score (nSPS) is 17.6. The van der Waals surface area contributed by atoms with Crippen molar-refractivity contribution in [2.75, 3.05) is 44.3 Å². The third kappa shape index (κ3) is 4.76. The van der Waals surface area contributed by atoms with Crippen LogP contribution in [0.1, 0.15) is 5.69 Å². The topological polar surface area (TPSA) is 82.6 Å². The van der Waals surface area contributed by atoms with E-state index in [9.17, 15) is 13.2 Å². The summed E-state index contributed by atoms with van der Waals surface area (Å²) < 4.78 is 24.3. The zero-order valence-electron chi connectivity index (χ0n) is 12.2. The van der Waals surface area contributed by atoms with Gasteiger partial charge in [0.15, 0.2) is 0 Å². The lowest BCUT2D eigenvalue weighted by atomic mass is 10.3. The first-order chi connectivity index (χ1) is 9.84. The van der Waals surface area contributed by atoms with Crippen LogP contribution in [0.4, 0.5) is 5.69 Å². The number of anilines is 1. The second-order valence-electron chi connectivity index (χ2n) is 5.17. The molecule has 0 spiro atoms. The number of nitrogens with zero attached hydrogens (tertiary/aromatic N) is 3. The zero-order valence-corrected chi connectivity index (χ0v) is 13.1. The third-order valence-electron chi connectivity index (χ3n) is 3.35. The number of pyridine rings is 1. The molecule has 2 rings (SSSR count). The zero-order chi connectivity index (χ0) is 15.5. The van der Waals surface area contributed by atoms with Crippen LogP contribution in [0.5, 0.6) is 0 Å². The Morgan fingerprint density at radius 1 is 1.33 bits per heavy atom. The van der Waals surface area contributed by atoms with Crippen LogP contribution in [0.2, 0.25) is 0 Å². The van der Waals surface area contributed by atoms with E-state index in [1.54, 1.807) is 18.3 Å². The van der Waals surface area contributed by atoms with Crippen LogP contribution in [-0.4, -0.2) is 67.5 Å². The summed E-state index contributed by atoms with van der Waals surface area (Å²) in [7, 11) is -3.13. The molecule has 0 atom stereocenters. The van der Waals surface area contributed by atoms with E-state index in [-0.39, 0.29) is 12.5 Å². The number of nitrogens with one attached hydrogen (secondary N) is 1. The maximum absolute atomic E-state index is 12.0. The van der Waals surface area contributed by atoms with Crippen molar-refractivity contribution >= 4 is 21.6 Å². The number of piperazine rings is 1. The van der Waals surface area contributed by atoms with E-state index in [1.807, 2.05) is 11.8 Å². The van der Waals surface area contributed by atoms with Crippen LogP contribution in [-0.2, 0) is 14.8 Å². The summed E-state index contributed by atoms with van der Waals surface area (Å²) >= 11 is 0. The highest BCUT2D eigenvalue weighted by molar-refractivity contribution is 7.88. The molecule has 0 aromatic carbocycles. The Bertz CT molecular complexity index is 610. The Kier molecular flexibility index (Phi) is 4.92. The van der Waals surface area contributed by atoms with E-state index in [4.69, 9.17) is 0 Å². The van der Waals surface area contributed by atoms with E-state index in [0.717, 1.165) is 11.4 Å². The molecule has 1 aliphatic heterocycles. The van der Waals surface area contributed by atoms with Crippen molar-refractivity contribution in [2.24, 2.45) is 0 Å². The summed E-state index contributed by atoms with van der Waals surface area (Å²) in [5, 5.41) is 2.82. The molecule has 2 heterocycles. The maximum Gasteiger partial charge on any atom is 0.238 e. The van der Waals surface area contributed by atoms with Crippen molar-refractivity contribution in [1.82, 2.24) is 14.2 Å². The summed E-state index contributed by atoms with van der Waals surface area (Å²) in [5.74, 6) is -0.103. The van der Waals surface area contributed by atoms with Gasteiger partial charge >= 0.3 is 0 Å². The fourth-order valence-electron chi connectivity index (χ4n) is 2.25. The van der Waals surface area contributed by atoms with Gasteiger partial charge in [-0.3, -0.25) is 14.7 Å². The van der Waals surface area contributed by atoms with Gasteiger partial charge in [-0.1, -0.05) is 0 Å². The van der Waals surface area contributed by atoms with E-state index >= 15 is 0 Å². The number of aromatic nitrogens is 1. The monoisotopic (exact) mass is 312 g/mol. The SMILES string of the molecule is Cc1cc(NC(=O)CN2CCN(S(C)(=O)=O)CC2)ccn1. The highest BCUT2D eigenvalue weighted by atomic mass is 32.2. The Balaban J connectivity index is 1.82. The molecule has 1 N–H and O–H groups in total. The van der Waals surface area contributed by atoms with Gasteiger partial charge in [-0.25, -0.2) is 8.42 Å². The van der Waals surface area contributed by atoms with Crippen molar-refractivity contribution in [2.45, 2.75) is 6.92 Å². The molecule has 0 bridgehead atoms. The van der Waals surface area contributed by atoms with Crippen molar-refractivity contribution in [1.29, 1.82) is 0 Å². The minimum atomic E-state index is -3.13. The van der Waals surface area contributed by atoms with Crippen LogP contribution < -0.4 is 5.32 Å². The molecule has 8 heteroatoms. The average molecular weight is 312 g/mol. The number of hydrogen-bond acceptors (Lipinski definition) is 5. The third-order valence-corrected chi connectivity index (χ3v) is 4.65. The fraction of sp³-hybridized carbons (Fsp3) is 0.538. The molecule has 1 fully saturated rings. The Labute approximate surface area is 125 Å². The summed E-state index contributed by atoms with van der Waals surface area (Å²) in [4.78, 5) is 18.0. The minimum absolute atomic E-state index is 0.103. The first kappa shape index (κ1) is 15.9. The lowest BCUT2D eigenvalue weighted by Crippen LogP contribution is -2.50. The van der Waals surface area contributed by atoms with Gasteiger partial charge in [-0.15, -0.1) is 0 Å². The lowest BCUT2D eigenvalue weighted by molar-refractivity contribution is -0.117. The molecule has 1 aliphatic rings. The number of amides is 1. The second-order valence-corrected chi connectivity index (χ2v) is 7.15. The second kappa shape index (κ2) is 6.50. The van der Waals surface area contributed by atoms with Gasteiger partial charge in [0.25, 0.3) is 0 Å². The average Bonchev–Trinajstić information content (AvgIpc) is 2.38. The number of carbonyl (C=O) groups excluding carboxylic acids is 1. The Morgan fingerprint density at radius 2 is 2.00 bits per heavy atom. The van der Waals surface area contributed by atoms with Crippen molar-refractivity contribution in [3.8, 4) is 0 Å². The van der Waals surface area contributed by atoms with Gasteiger partial charge in [0.2, 0.25) is 15.9 Å². The van der Waals surface area contributed by atoms with Gasteiger partial charge in [-0.05, 0) is 19.1 Å². The van der Waals surface area contributed by atoms with E-state index < -0.39 is 10.0 Å². The molecule has 116 valence electrons. The summed E-state index contributed by atoms with van der Waals surface area (Å²) in [6, 6.07) is 3.55. The highest BCUT2D eigenvalue weighted by Crippen LogP contribution is 2.09. The predicted molar refractivity (Wildman–Crippen MR) is 80.5 cm³/mol. The molecule has 0 unspecified atom stereocenters. The number of sulfonamides is 1. The van der Waals surface area contributed by atoms with E-state index in [0.29, 0.717) is 26.2 Å². The number of carbonyl (C=O) groups is 1. The van der Waals surface area contributed by atoms with Gasteiger partial charge in [0.1, 0.15) is 0 Å². The summed E-state index contributed by atoms with van der Waals surface area (Å²) in [6.45, 7) is 4.12. The van der Waals surface area contributed by atoms with Crippen LogP contribution in [0.3, 0.4) is 0 Å². The van der Waals surface area contributed by atoms with Crippen molar-refractivity contribution in [3.63, 3.8) is 0 Å². The maximum atomic E-state index is 12.0. The van der Waals surface area contributed by atoms with Gasteiger partial charge in [0, 0.05) is 43.8 Å². The van der Waals surface area contributed by atoms with Crippen LogP contribution >= 0.6 is 0 Å². The first-order valence-electron chi connectivity index (χ1n) is 6.74. The van der Waals surface area contributed by atoms with Gasteiger partial charge < -0.3 is 5.32 Å². The molecule has 0 radical (unpaired) electrons. The quantitative estimate of drug-likeness (QED) is 0.840. The van der Waals surface area contributed by atoms with Crippen LogP contribution in [0.25, 0.3) is 0 Å². The highest BCUT2D eigenvalue weighted by Gasteiger charge is 2.24. The fourth-order valence-corrected chi connectivity index (χ4v) is 3.07. The molecule has 1 amide bonds. The minimum Gasteiger partial charge on any atom is -0.325 e. The molecule has 21 heavy (non-hydrogen) atoms. The van der Waals surface area contributed by atoms with Crippen LogP contribution in [0.15, 0.2) is 18.3 Å². The van der Waals surface area contributed by atoms with Crippen molar-refractivity contribution in [3.05, 3.63) is 24.0 Å². The lowest BCUT2D eigenvalue weighted by Gasteiger charge is -2.32. The molecule has 1 aromatic heterocycles. The summed E-state index contributed by atoms with van der Waals surface area (Å²) in [6.07, 6.45) is 2.86. The first-order valence-corrected chi connectivity index (χ1v) is 8.59. The molecule has 7 nitrogen and oxygen atoms in total. The van der Waals surface area contributed by atoms with E-state index in [1.165, 1.54) is 10.6 Å². The molecular weight excluding hydrogens is 292 g/mol. The smallest absolute Gasteiger partial charge is 0.238 e. The number of aryl methyl sites for hydroxylation is 1. The molecule has 1 aromatic rings. The van der Waals surface area contributed by atoms with Gasteiger partial charge in [0.05, 0.1) is 12.8 Å². The van der Waals surface area contributed by atoms with E-state index in [2.05, 4.69) is 10.3 Å². The van der Waals surface area contributed by atoms with Crippen molar-refractivity contribution < 1.29 is 13.2 Å². The Hall–Kier alpha value is -1.51. The van der Waals surface area contributed by atoms with Crippen LogP contribution in [0, 0.1) is 6.92 Å². The standard InChI is InChI=1S/C13H20N4O3S/c1-11-9-12(3-4-14-11)15-13(18)10-16-5-7-17(8-6-16)21(2,19)20/h3-4,9H,5-8,10H2,1-2H3,(H,14,15,18). The predicted octanol–water partition coefficient (Wildman–Crippen LogP) is -0.0943. The molecule has 0 aliphatic carbocycles. The molecular formula is C13H20N4O3S. The molecule has 1 saturated heterocycles. The Morgan fingerprint density at radius 3 is 2.57 bits per heavy atom. The number of hydrogen-bond donors (Lipinski definition) is 1. The number of rotatable bonds is 4. The molecule has 0 saturated carbocycles. The largest absolute Gasteiger partial charge is 0.325 e. The summed E-state index contributed by atoms with van der Waals surface area (Å²) in [5.41, 5.74) is 1.57. The van der Waals surface area contributed by atoms with Gasteiger partial charge in [-0.2, -0.15) is 4.31 Å².